The van der Waals surface area contributed by atoms with Gasteiger partial charge in [-0.3, -0.25) is 0 Å². The van der Waals surface area contributed by atoms with Crippen LogP contribution in [0.4, 0.5) is 0 Å². The normalized spacial score (nSPS) is 12.5. The third kappa shape index (κ3) is 11.1. The van der Waals surface area contributed by atoms with Gasteiger partial charge in [0.25, 0.3) is 0 Å². The molecular weight excluding hydrogens is 340 g/mol. The lowest BCUT2D eigenvalue weighted by atomic mass is 9.84. The highest BCUT2D eigenvalue weighted by Crippen LogP contribution is 2.29. The Balaban J connectivity index is 2.26. The van der Waals surface area contributed by atoms with E-state index in [1.165, 1.54) is 70.6 Å². The highest BCUT2D eigenvalue weighted by Gasteiger charge is 2.14. The first-order chi connectivity index (χ1) is 13.1. The number of rotatable bonds is 14. The molecule has 0 unspecified atom stereocenters. The van der Waals surface area contributed by atoms with Gasteiger partial charge in [0.05, 0.1) is 0 Å². The largest absolute Gasteiger partial charge is 0.507 e. The monoisotopic (exact) mass is 388 g/mol. The van der Waals surface area contributed by atoms with Crippen LogP contribution in [0.1, 0.15) is 123 Å². The van der Waals surface area contributed by atoms with Crippen molar-refractivity contribution in [3.05, 3.63) is 29.3 Å². The molecule has 1 rings (SSSR count). The van der Waals surface area contributed by atoms with Gasteiger partial charge in [-0.1, -0.05) is 105 Å². The number of aryl methyl sites for hydroxylation is 2. The second-order valence-electron chi connectivity index (χ2n) is 10.8. The number of aromatic hydroxyl groups is 1. The third-order valence-corrected chi connectivity index (χ3v) is 6.33. The van der Waals surface area contributed by atoms with E-state index in [9.17, 15) is 5.11 Å². The summed E-state index contributed by atoms with van der Waals surface area (Å²) in [4.78, 5) is 0. The van der Waals surface area contributed by atoms with Crippen molar-refractivity contribution in [1.82, 2.24) is 0 Å². The molecule has 0 bridgehead atoms. The Morgan fingerprint density at radius 3 is 1.61 bits per heavy atom. The average Bonchev–Trinajstić information content (AvgIpc) is 2.62. The standard InChI is InChI=1S/C27H48O/c1-7-27(5,6)22-15-11-9-13-18-24-20-16-19-23(25(24)28)17-12-8-10-14-21-26(2,3)4/h16,19-20,28H,7-15,17-18,21-22H2,1-6H3. The van der Waals surface area contributed by atoms with Crippen molar-refractivity contribution in [2.45, 2.75) is 125 Å². The molecule has 0 amide bonds. The number of phenols is 1. The van der Waals surface area contributed by atoms with E-state index in [4.69, 9.17) is 0 Å². The molecule has 1 aromatic rings. The van der Waals surface area contributed by atoms with Crippen LogP contribution in [0.25, 0.3) is 0 Å². The molecule has 1 nitrogen and oxygen atoms in total. The number of benzene rings is 1. The SMILES string of the molecule is CCC(C)(C)CCCCCCc1cccc(CCCCCCC(C)(C)C)c1O. The molecule has 1 heteroatoms. The maximum atomic E-state index is 10.6. The molecule has 0 spiro atoms. The van der Waals surface area contributed by atoms with Crippen molar-refractivity contribution in [3.63, 3.8) is 0 Å². The fourth-order valence-electron chi connectivity index (χ4n) is 3.82. The number of hydrogen-bond donors (Lipinski definition) is 1. The zero-order chi connectivity index (χ0) is 21.0. The van der Waals surface area contributed by atoms with Gasteiger partial charge in [-0.25, -0.2) is 0 Å². The Labute approximate surface area is 176 Å². The van der Waals surface area contributed by atoms with Crippen molar-refractivity contribution >= 4 is 0 Å². The summed E-state index contributed by atoms with van der Waals surface area (Å²) in [5.41, 5.74) is 3.26. The lowest BCUT2D eigenvalue weighted by molar-refractivity contribution is 0.307. The summed E-state index contributed by atoms with van der Waals surface area (Å²) >= 11 is 0. The molecule has 0 atom stereocenters. The number of hydrogen-bond acceptors (Lipinski definition) is 1. The molecular formula is C27H48O. The highest BCUT2D eigenvalue weighted by atomic mass is 16.3. The minimum Gasteiger partial charge on any atom is -0.507 e. The first-order valence-electron chi connectivity index (χ1n) is 11.9. The van der Waals surface area contributed by atoms with Crippen molar-refractivity contribution < 1.29 is 5.11 Å². The Hall–Kier alpha value is -0.980. The van der Waals surface area contributed by atoms with Crippen LogP contribution in [-0.4, -0.2) is 5.11 Å². The molecule has 1 aromatic carbocycles. The van der Waals surface area contributed by atoms with Crippen LogP contribution in [0.5, 0.6) is 5.75 Å². The van der Waals surface area contributed by atoms with Crippen molar-refractivity contribution in [2.24, 2.45) is 10.8 Å². The summed E-state index contributed by atoms with van der Waals surface area (Å²) in [7, 11) is 0. The predicted octanol–water partition coefficient (Wildman–Crippen LogP) is 8.86. The van der Waals surface area contributed by atoms with Crippen LogP contribution < -0.4 is 0 Å². The molecule has 28 heavy (non-hydrogen) atoms. The van der Waals surface area contributed by atoms with Gasteiger partial charge in [-0.05, 0) is 60.5 Å². The van der Waals surface area contributed by atoms with Gasteiger partial charge in [-0.2, -0.15) is 0 Å². The fraction of sp³-hybridized carbons (Fsp3) is 0.778. The molecule has 0 aliphatic rings. The van der Waals surface area contributed by atoms with E-state index in [2.05, 4.69) is 59.7 Å². The van der Waals surface area contributed by atoms with Crippen LogP contribution in [0.3, 0.4) is 0 Å². The van der Waals surface area contributed by atoms with Gasteiger partial charge in [0, 0.05) is 0 Å². The van der Waals surface area contributed by atoms with Crippen LogP contribution in [0, 0.1) is 10.8 Å². The predicted molar refractivity (Wildman–Crippen MR) is 125 cm³/mol. The summed E-state index contributed by atoms with van der Waals surface area (Å²) in [5, 5.41) is 10.6. The van der Waals surface area contributed by atoms with Crippen molar-refractivity contribution in [3.8, 4) is 5.75 Å². The molecule has 0 heterocycles. The van der Waals surface area contributed by atoms with Gasteiger partial charge in [0.1, 0.15) is 5.75 Å². The van der Waals surface area contributed by atoms with Gasteiger partial charge in [-0.15, -0.1) is 0 Å². The molecule has 0 saturated heterocycles. The molecule has 0 aromatic heterocycles. The highest BCUT2D eigenvalue weighted by molar-refractivity contribution is 5.40. The molecule has 0 radical (unpaired) electrons. The second-order valence-corrected chi connectivity index (χ2v) is 10.8. The van der Waals surface area contributed by atoms with E-state index < -0.39 is 0 Å². The van der Waals surface area contributed by atoms with E-state index >= 15 is 0 Å². The molecule has 0 aliphatic carbocycles. The zero-order valence-electron chi connectivity index (χ0n) is 19.9. The van der Waals surface area contributed by atoms with Crippen molar-refractivity contribution in [2.75, 3.05) is 0 Å². The Morgan fingerprint density at radius 1 is 0.679 bits per heavy atom. The van der Waals surface area contributed by atoms with Gasteiger partial charge in [0.2, 0.25) is 0 Å². The third-order valence-electron chi connectivity index (χ3n) is 6.33. The van der Waals surface area contributed by atoms with Crippen LogP contribution >= 0.6 is 0 Å². The zero-order valence-corrected chi connectivity index (χ0v) is 19.9. The van der Waals surface area contributed by atoms with E-state index in [1.54, 1.807) is 0 Å². The summed E-state index contributed by atoms with van der Waals surface area (Å²) in [6.07, 6.45) is 16.2. The van der Waals surface area contributed by atoms with E-state index in [1.807, 2.05) is 0 Å². The smallest absolute Gasteiger partial charge is 0.121 e. The average molecular weight is 389 g/mol. The summed E-state index contributed by atoms with van der Waals surface area (Å²) in [6.45, 7) is 14.0. The lowest BCUT2D eigenvalue weighted by Crippen LogP contribution is -2.08. The fourth-order valence-corrected chi connectivity index (χ4v) is 3.82. The van der Waals surface area contributed by atoms with Crippen LogP contribution in [-0.2, 0) is 12.8 Å². The molecule has 0 aliphatic heterocycles. The summed E-state index contributed by atoms with van der Waals surface area (Å²) in [6, 6.07) is 6.36. The molecule has 0 saturated carbocycles. The molecule has 162 valence electrons. The first-order valence-corrected chi connectivity index (χ1v) is 11.9. The van der Waals surface area contributed by atoms with E-state index in [0.717, 1.165) is 24.0 Å². The maximum Gasteiger partial charge on any atom is 0.121 e. The quantitative estimate of drug-likeness (QED) is 0.315. The van der Waals surface area contributed by atoms with Gasteiger partial charge in [0.15, 0.2) is 0 Å². The maximum absolute atomic E-state index is 10.6. The minimum atomic E-state index is 0.457. The lowest BCUT2D eigenvalue weighted by Gasteiger charge is -2.22. The summed E-state index contributed by atoms with van der Waals surface area (Å²) in [5.74, 6) is 0.573. The second kappa shape index (κ2) is 12.6. The Bertz CT molecular complexity index is 536. The Kier molecular flexibility index (Phi) is 11.2. The summed E-state index contributed by atoms with van der Waals surface area (Å²) < 4.78 is 0. The van der Waals surface area contributed by atoms with Crippen molar-refractivity contribution in [1.29, 1.82) is 0 Å². The van der Waals surface area contributed by atoms with Crippen LogP contribution in [0.2, 0.25) is 0 Å². The van der Waals surface area contributed by atoms with Gasteiger partial charge >= 0.3 is 0 Å². The van der Waals surface area contributed by atoms with E-state index in [0.29, 0.717) is 16.6 Å². The molecule has 1 N–H and O–H groups in total. The van der Waals surface area contributed by atoms with Crippen LogP contribution in [0.15, 0.2) is 18.2 Å². The Morgan fingerprint density at radius 2 is 1.14 bits per heavy atom. The number of unbranched alkanes of at least 4 members (excludes halogenated alkanes) is 6. The van der Waals surface area contributed by atoms with E-state index in [-0.39, 0.29) is 0 Å². The topological polar surface area (TPSA) is 20.2 Å². The first kappa shape index (κ1) is 25.1. The minimum absolute atomic E-state index is 0.457. The van der Waals surface area contributed by atoms with Gasteiger partial charge < -0.3 is 5.11 Å². The number of para-hydroxylation sites is 1. The number of phenolic OH excluding ortho intramolecular Hbond substituents is 1. The molecule has 0 fully saturated rings.